The fourth-order valence-electron chi connectivity index (χ4n) is 0.945. The van der Waals surface area contributed by atoms with Gasteiger partial charge in [0, 0.05) is 20.0 Å². The van der Waals surface area contributed by atoms with E-state index in [-0.39, 0.29) is 5.91 Å². The lowest BCUT2D eigenvalue weighted by atomic mass is 10.4. The molecular formula is C6H11N3OS. The zero-order valence-electron chi connectivity index (χ0n) is 6.39. The number of hydrogen-bond acceptors (Lipinski definition) is 2. The maximum absolute atomic E-state index is 11.0. The molecule has 1 rings (SSSR count). The molecule has 1 heterocycles. The average molecular weight is 173 g/mol. The van der Waals surface area contributed by atoms with Gasteiger partial charge >= 0.3 is 0 Å². The largest absolute Gasteiger partial charge is 0.364 e. The molecule has 1 amide bonds. The van der Waals surface area contributed by atoms with Gasteiger partial charge in [0.15, 0.2) is 5.11 Å². The minimum atomic E-state index is 0.114. The van der Waals surface area contributed by atoms with Crippen LogP contribution in [0.25, 0.3) is 0 Å². The van der Waals surface area contributed by atoms with Crippen molar-refractivity contribution in [3.8, 4) is 0 Å². The Morgan fingerprint density at radius 2 is 2.45 bits per heavy atom. The van der Waals surface area contributed by atoms with E-state index in [0.717, 1.165) is 13.0 Å². The highest BCUT2D eigenvalue weighted by molar-refractivity contribution is 7.80. The lowest BCUT2D eigenvalue weighted by Gasteiger charge is -2.17. The third kappa shape index (κ3) is 2.04. The molecule has 0 spiro atoms. The number of nitrogens with zero attached hydrogens (tertiary/aromatic N) is 1. The van der Waals surface area contributed by atoms with Crippen molar-refractivity contribution >= 4 is 23.2 Å². The maximum Gasteiger partial charge on any atom is 0.241 e. The lowest BCUT2D eigenvalue weighted by molar-refractivity contribution is -0.129. The van der Waals surface area contributed by atoms with E-state index >= 15 is 0 Å². The van der Waals surface area contributed by atoms with Crippen molar-refractivity contribution in [2.45, 2.75) is 12.8 Å². The van der Waals surface area contributed by atoms with Crippen molar-refractivity contribution in [2.24, 2.45) is 0 Å². The molecule has 2 N–H and O–H groups in total. The third-order valence-electron chi connectivity index (χ3n) is 1.54. The Labute approximate surface area is 70.9 Å². The predicted octanol–water partition coefficient (Wildman–Crippen LogP) is -0.382. The number of hydrazine groups is 1. The lowest BCUT2D eigenvalue weighted by Crippen LogP contribution is -2.46. The van der Waals surface area contributed by atoms with Crippen LogP contribution in [0.5, 0.6) is 0 Å². The molecule has 0 atom stereocenters. The van der Waals surface area contributed by atoms with Crippen LogP contribution >= 0.6 is 12.2 Å². The Balaban J connectivity index is 2.36. The van der Waals surface area contributed by atoms with Gasteiger partial charge in [-0.05, 0) is 18.6 Å². The molecule has 1 aliphatic rings. The first-order valence-electron chi connectivity index (χ1n) is 3.53. The molecule has 4 nitrogen and oxygen atoms in total. The highest BCUT2D eigenvalue weighted by Crippen LogP contribution is 2.05. The number of thiocarbonyl (C=S) groups is 1. The van der Waals surface area contributed by atoms with E-state index in [0.29, 0.717) is 11.5 Å². The normalized spacial score (nSPS) is 16.8. The van der Waals surface area contributed by atoms with Crippen molar-refractivity contribution in [2.75, 3.05) is 13.6 Å². The highest BCUT2D eigenvalue weighted by atomic mass is 32.1. The van der Waals surface area contributed by atoms with Crippen molar-refractivity contribution < 1.29 is 4.79 Å². The topological polar surface area (TPSA) is 44.4 Å². The second kappa shape index (κ2) is 3.52. The van der Waals surface area contributed by atoms with Crippen LogP contribution in [0.4, 0.5) is 0 Å². The fraction of sp³-hybridized carbons (Fsp3) is 0.667. The predicted molar refractivity (Wildman–Crippen MR) is 45.7 cm³/mol. The van der Waals surface area contributed by atoms with Crippen LogP contribution in [0.1, 0.15) is 12.8 Å². The van der Waals surface area contributed by atoms with Gasteiger partial charge in [0.2, 0.25) is 5.91 Å². The molecule has 11 heavy (non-hydrogen) atoms. The van der Waals surface area contributed by atoms with Gasteiger partial charge in [0.05, 0.1) is 0 Å². The van der Waals surface area contributed by atoms with Crippen LogP contribution in [-0.2, 0) is 4.79 Å². The number of hydrogen-bond donors (Lipinski definition) is 2. The summed E-state index contributed by atoms with van der Waals surface area (Å²) < 4.78 is 0. The first kappa shape index (κ1) is 8.26. The van der Waals surface area contributed by atoms with E-state index in [1.807, 2.05) is 0 Å². The Bertz CT molecular complexity index is 183. The van der Waals surface area contributed by atoms with E-state index in [9.17, 15) is 4.79 Å². The molecule has 0 aromatic carbocycles. The maximum atomic E-state index is 11.0. The van der Waals surface area contributed by atoms with Crippen molar-refractivity contribution in [1.29, 1.82) is 0 Å². The van der Waals surface area contributed by atoms with Crippen LogP contribution in [0.3, 0.4) is 0 Å². The Morgan fingerprint density at radius 1 is 1.73 bits per heavy atom. The first-order valence-corrected chi connectivity index (χ1v) is 3.93. The van der Waals surface area contributed by atoms with Crippen LogP contribution in [0, 0.1) is 0 Å². The monoisotopic (exact) mass is 173 g/mol. The molecule has 1 saturated heterocycles. The molecule has 0 bridgehead atoms. The molecule has 0 aromatic heterocycles. The Kier molecular flexibility index (Phi) is 2.64. The summed E-state index contributed by atoms with van der Waals surface area (Å²) >= 11 is 4.83. The van der Waals surface area contributed by atoms with Gasteiger partial charge in [0.25, 0.3) is 0 Å². The number of rotatable bonds is 1. The summed E-state index contributed by atoms with van der Waals surface area (Å²) in [6, 6.07) is 0. The second-order valence-corrected chi connectivity index (χ2v) is 2.75. The summed E-state index contributed by atoms with van der Waals surface area (Å²) in [6.45, 7) is 0.751. The van der Waals surface area contributed by atoms with E-state index < -0.39 is 0 Å². The van der Waals surface area contributed by atoms with Gasteiger partial charge in [-0.1, -0.05) is 0 Å². The van der Waals surface area contributed by atoms with Crippen molar-refractivity contribution in [1.82, 2.24) is 15.8 Å². The van der Waals surface area contributed by atoms with Gasteiger partial charge in [-0.25, -0.2) is 0 Å². The SMILES string of the molecule is CNC(=S)NN1CCCC1=O. The number of nitrogens with one attached hydrogen (secondary N) is 2. The second-order valence-electron chi connectivity index (χ2n) is 2.34. The van der Waals surface area contributed by atoms with Crippen LogP contribution in [0.2, 0.25) is 0 Å². The quantitative estimate of drug-likeness (QED) is 0.530. The summed E-state index contributed by atoms with van der Waals surface area (Å²) in [6.07, 6.45) is 1.54. The number of carbonyl (C=O) groups is 1. The zero-order chi connectivity index (χ0) is 8.27. The minimum absolute atomic E-state index is 0.114. The summed E-state index contributed by atoms with van der Waals surface area (Å²) in [7, 11) is 1.72. The molecular weight excluding hydrogens is 162 g/mol. The number of amides is 1. The van der Waals surface area contributed by atoms with Crippen LogP contribution in [0.15, 0.2) is 0 Å². The molecule has 1 aliphatic heterocycles. The molecule has 0 saturated carbocycles. The Morgan fingerprint density at radius 3 is 2.91 bits per heavy atom. The van der Waals surface area contributed by atoms with Gasteiger partial charge in [-0.3, -0.25) is 15.2 Å². The van der Waals surface area contributed by atoms with Crippen LogP contribution in [-0.4, -0.2) is 29.6 Å². The molecule has 62 valence electrons. The Hall–Kier alpha value is -0.840. The van der Waals surface area contributed by atoms with Gasteiger partial charge in [-0.2, -0.15) is 0 Å². The van der Waals surface area contributed by atoms with Gasteiger partial charge in [0.1, 0.15) is 0 Å². The minimum Gasteiger partial charge on any atom is -0.364 e. The average Bonchev–Trinajstić information content (AvgIpc) is 2.37. The fourth-order valence-corrected chi connectivity index (χ4v) is 1.05. The van der Waals surface area contributed by atoms with Crippen molar-refractivity contribution in [3.05, 3.63) is 0 Å². The molecule has 5 heteroatoms. The summed E-state index contributed by atoms with van der Waals surface area (Å²) in [5.74, 6) is 0.114. The van der Waals surface area contributed by atoms with E-state index in [1.165, 1.54) is 0 Å². The van der Waals surface area contributed by atoms with E-state index in [4.69, 9.17) is 12.2 Å². The van der Waals surface area contributed by atoms with E-state index in [1.54, 1.807) is 12.1 Å². The summed E-state index contributed by atoms with van der Waals surface area (Å²) in [5.41, 5.74) is 2.78. The van der Waals surface area contributed by atoms with Crippen molar-refractivity contribution in [3.63, 3.8) is 0 Å². The summed E-state index contributed by atoms with van der Waals surface area (Å²) in [4.78, 5) is 11.0. The van der Waals surface area contributed by atoms with Gasteiger partial charge < -0.3 is 5.32 Å². The third-order valence-corrected chi connectivity index (χ3v) is 1.83. The molecule has 0 aromatic rings. The standard InChI is InChI=1S/C6H11N3OS/c1-7-6(11)8-9-4-2-3-5(9)10/h2-4H2,1H3,(H2,7,8,11). The molecule has 0 unspecified atom stereocenters. The molecule has 0 aliphatic carbocycles. The molecule has 1 fully saturated rings. The highest BCUT2D eigenvalue weighted by Gasteiger charge is 2.20. The van der Waals surface area contributed by atoms with Crippen LogP contribution < -0.4 is 10.7 Å². The van der Waals surface area contributed by atoms with E-state index in [2.05, 4.69) is 10.7 Å². The summed E-state index contributed by atoms with van der Waals surface area (Å²) in [5, 5.41) is 4.77. The number of carbonyl (C=O) groups excluding carboxylic acids is 1. The van der Waals surface area contributed by atoms with Gasteiger partial charge in [-0.15, -0.1) is 0 Å². The first-order chi connectivity index (χ1) is 5.24. The molecule has 0 radical (unpaired) electrons. The zero-order valence-corrected chi connectivity index (χ0v) is 7.20. The smallest absolute Gasteiger partial charge is 0.241 e.